The highest BCUT2D eigenvalue weighted by Crippen LogP contribution is 2.20. The van der Waals surface area contributed by atoms with Crippen LogP contribution in [0.25, 0.3) is 0 Å². The van der Waals surface area contributed by atoms with Crippen LogP contribution in [0.15, 0.2) is 22.8 Å². The summed E-state index contributed by atoms with van der Waals surface area (Å²) in [7, 11) is 0. The van der Waals surface area contributed by atoms with Crippen LogP contribution in [0, 0.1) is 5.92 Å². The number of hydrogen-bond acceptors (Lipinski definition) is 3. The molecule has 1 aromatic heterocycles. The summed E-state index contributed by atoms with van der Waals surface area (Å²) in [5.74, 6) is 0.701. The number of piperidine rings is 1. The molecule has 0 spiro atoms. The Kier molecular flexibility index (Phi) is 3.90. The minimum absolute atomic E-state index is 0.0478. The number of rotatable bonds is 2. The summed E-state index contributed by atoms with van der Waals surface area (Å²) >= 11 is 3.36. The number of nitrogens with one attached hydrogen (secondary N) is 2. The van der Waals surface area contributed by atoms with Gasteiger partial charge in [0.05, 0.1) is 10.4 Å². The van der Waals surface area contributed by atoms with Crippen molar-refractivity contribution >= 4 is 27.7 Å². The smallest absolute Gasteiger partial charge is 0.229 e. The molecule has 0 bridgehead atoms. The molecule has 1 aliphatic rings. The van der Waals surface area contributed by atoms with E-state index in [1.807, 2.05) is 12.1 Å². The van der Waals surface area contributed by atoms with Crippen molar-refractivity contribution in [2.24, 2.45) is 5.92 Å². The van der Waals surface area contributed by atoms with Gasteiger partial charge in [-0.05, 0) is 47.4 Å². The molecule has 1 amide bonds. The van der Waals surface area contributed by atoms with Gasteiger partial charge in [0.25, 0.3) is 0 Å². The Morgan fingerprint density at radius 3 is 3.19 bits per heavy atom. The first-order chi connectivity index (χ1) is 7.77. The molecule has 0 radical (unpaired) electrons. The van der Waals surface area contributed by atoms with Crippen LogP contribution in [0.4, 0.5) is 5.82 Å². The number of amides is 1. The van der Waals surface area contributed by atoms with E-state index in [1.165, 1.54) is 0 Å². The van der Waals surface area contributed by atoms with E-state index in [-0.39, 0.29) is 11.8 Å². The van der Waals surface area contributed by atoms with Crippen molar-refractivity contribution in [3.05, 3.63) is 22.8 Å². The van der Waals surface area contributed by atoms with Gasteiger partial charge in [-0.3, -0.25) is 4.79 Å². The standard InChI is InChI=1S/C11H14BrN3O/c12-9-4-2-6-14-10(9)15-11(16)8-3-1-5-13-7-8/h2,4,6,8,13H,1,3,5,7H2,(H,14,15,16). The molecule has 1 aromatic rings. The van der Waals surface area contributed by atoms with Gasteiger partial charge in [-0.1, -0.05) is 0 Å². The Balaban J connectivity index is 1.99. The van der Waals surface area contributed by atoms with E-state index in [1.54, 1.807) is 6.20 Å². The van der Waals surface area contributed by atoms with E-state index in [0.717, 1.165) is 30.4 Å². The highest BCUT2D eigenvalue weighted by Gasteiger charge is 2.21. The largest absolute Gasteiger partial charge is 0.316 e. The molecule has 1 aliphatic heterocycles. The predicted molar refractivity (Wildman–Crippen MR) is 66.2 cm³/mol. The summed E-state index contributed by atoms with van der Waals surface area (Å²) in [6.07, 6.45) is 3.67. The number of halogens is 1. The Hall–Kier alpha value is -0.940. The monoisotopic (exact) mass is 283 g/mol. The van der Waals surface area contributed by atoms with Crippen molar-refractivity contribution in [2.75, 3.05) is 18.4 Å². The maximum atomic E-state index is 11.9. The van der Waals surface area contributed by atoms with Gasteiger partial charge in [0.15, 0.2) is 0 Å². The highest BCUT2D eigenvalue weighted by atomic mass is 79.9. The van der Waals surface area contributed by atoms with Gasteiger partial charge in [0.1, 0.15) is 5.82 Å². The second kappa shape index (κ2) is 5.41. The van der Waals surface area contributed by atoms with Gasteiger partial charge in [-0.2, -0.15) is 0 Å². The van der Waals surface area contributed by atoms with Gasteiger partial charge in [-0.25, -0.2) is 4.98 Å². The lowest BCUT2D eigenvalue weighted by atomic mass is 9.99. The van der Waals surface area contributed by atoms with Crippen LogP contribution in [0.2, 0.25) is 0 Å². The molecule has 16 heavy (non-hydrogen) atoms. The molecule has 0 saturated carbocycles. The molecule has 1 saturated heterocycles. The van der Waals surface area contributed by atoms with E-state index >= 15 is 0 Å². The average molecular weight is 284 g/mol. The van der Waals surface area contributed by atoms with Crippen LogP contribution in [0.5, 0.6) is 0 Å². The zero-order valence-corrected chi connectivity index (χ0v) is 10.5. The maximum absolute atomic E-state index is 11.9. The fourth-order valence-corrected chi connectivity index (χ4v) is 2.13. The van der Waals surface area contributed by atoms with Gasteiger partial charge in [-0.15, -0.1) is 0 Å². The molecule has 2 rings (SSSR count). The van der Waals surface area contributed by atoms with Crippen LogP contribution in [0.3, 0.4) is 0 Å². The van der Waals surface area contributed by atoms with Gasteiger partial charge < -0.3 is 10.6 Å². The van der Waals surface area contributed by atoms with Crippen LogP contribution < -0.4 is 10.6 Å². The van der Waals surface area contributed by atoms with Gasteiger partial charge in [0, 0.05) is 12.7 Å². The summed E-state index contributed by atoms with van der Waals surface area (Å²) in [4.78, 5) is 16.0. The molecular weight excluding hydrogens is 270 g/mol. The summed E-state index contributed by atoms with van der Waals surface area (Å²) in [5, 5.41) is 6.07. The molecule has 0 aliphatic carbocycles. The van der Waals surface area contributed by atoms with Crippen molar-refractivity contribution in [3.63, 3.8) is 0 Å². The van der Waals surface area contributed by atoms with Crippen LogP contribution in [-0.4, -0.2) is 24.0 Å². The van der Waals surface area contributed by atoms with Crippen molar-refractivity contribution in [1.82, 2.24) is 10.3 Å². The summed E-state index contributed by atoms with van der Waals surface area (Å²) in [5.41, 5.74) is 0. The molecule has 1 atom stereocenters. The summed E-state index contributed by atoms with van der Waals surface area (Å²) in [6, 6.07) is 3.68. The lowest BCUT2D eigenvalue weighted by Crippen LogP contribution is -2.37. The Morgan fingerprint density at radius 2 is 2.50 bits per heavy atom. The van der Waals surface area contributed by atoms with Crippen LogP contribution >= 0.6 is 15.9 Å². The molecular formula is C11H14BrN3O. The van der Waals surface area contributed by atoms with Crippen LogP contribution in [-0.2, 0) is 4.79 Å². The van der Waals surface area contributed by atoms with Crippen molar-refractivity contribution < 1.29 is 4.79 Å². The number of anilines is 1. The average Bonchev–Trinajstić information content (AvgIpc) is 2.33. The van der Waals surface area contributed by atoms with Crippen molar-refractivity contribution in [3.8, 4) is 0 Å². The highest BCUT2D eigenvalue weighted by molar-refractivity contribution is 9.10. The number of hydrogen-bond donors (Lipinski definition) is 2. The number of pyridine rings is 1. The topological polar surface area (TPSA) is 54.0 Å². The molecule has 1 fully saturated rings. The molecule has 5 heteroatoms. The predicted octanol–water partition coefficient (Wildman–Crippen LogP) is 1.78. The molecule has 86 valence electrons. The zero-order valence-electron chi connectivity index (χ0n) is 8.87. The van der Waals surface area contributed by atoms with Crippen LogP contribution in [0.1, 0.15) is 12.8 Å². The second-order valence-electron chi connectivity index (χ2n) is 3.87. The van der Waals surface area contributed by atoms with E-state index in [2.05, 4.69) is 31.5 Å². The Labute approximate surface area is 103 Å². The number of aromatic nitrogens is 1. The third-order valence-electron chi connectivity index (χ3n) is 2.67. The quantitative estimate of drug-likeness (QED) is 0.870. The lowest BCUT2D eigenvalue weighted by molar-refractivity contribution is -0.120. The fourth-order valence-electron chi connectivity index (χ4n) is 1.77. The maximum Gasteiger partial charge on any atom is 0.229 e. The summed E-state index contributed by atoms with van der Waals surface area (Å²) in [6.45, 7) is 1.77. The van der Waals surface area contributed by atoms with Gasteiger partial charge in [0.2, 0.25) is 5.91 Å². The van der Waals surface area contributed by atoms with Crippen molar-refractivity contribution in [2.45, 2.75) is 12.8 Å². The third kappa shape index (κ3) is 2.80. The van der Waals surface area contributed by atoms with E-state index < -0.39 is 0 Å². The van der Waals surface area contributed by atoms with E-state index in [9.17, 15) is 4.79 Å². The normalized spacial score (nSPS) is 20.4. The van der Waals surface area contributed by atoms with Crippen molar-refractivity contribution in [1.29, 1.82) is 0 Å². The Morgan fingerprint density at radius 1 is 1.62 bits per heavy atom. The first-order valence-corrected chi connectivity index (χ1v) is 6.19. The Bertz CT molecular complexity index is 377. The van der Waals surface area contributed by atoms with Gasteiger partial charge >= 0.3 is 0 Å². The summed E-state index contributed by atoms with van der Waals surface area (Å²) < 4.78 is 0.812. The SMILES string of the molecule is O=C(Nc1ncccc1Br)C1CCCNC1. The second-order valence-corrected chi connectivity index (χ2v) is 4.72. The minimum Gasteiger partial charge on any atom is -0.316 e. The van der Waals surface area contributed by atoms with E-state index in [4.69, 9.17) is 0 Å². The lowest BCUT2D eigenvalue weighted by Gasteiger charge is -2.21. The molecule has 4 nitrogen and oxygen atoms in total. The molecule has 2 N–H and O–H groups in total. The fraction of sp³-hybridized carbons (Fsp3) is 0.455. The molecule has 1 unspecified atom stereocenters. The molecule has 2 heterocycles. The number of nitrogens with zero attached hydrogens (tertiary/aromatic N) is 1. The third-order valence-corrected chi connectivity index (χ3v) is 3.31. The number of carbonyl (C=O) groups excluding carboxylic acids is 1. The minimum atomic E-state index is 0.0478. The molecule has 0 aromatic carbocycles. The first kappa shape index (κ1) is 11.5. The first-order valence-electron chi connectivity index (χ1n) is 5.39. The zero-order chi connectivity index (χ0) is 11.4. The van der Waals surface area contributed by atoms with E-state index in [0.29, 0.717) is 5.82 Å². The number of carbonyl (C=O) groups is 1.